The van der Waals surface area contributed by atoms with Gasteiger partial charge in [-0.1, -0.05) is 27.7 Å². The van der Waals surface area contributed by atoms with Crippen LogP contribution in [-0.4, -0.2) is 18.0 Å². The summed E-state index contributed by atoms with van der Waals surface area (Å²) in [6, 6.07) is 0.274. The molecule has 5 nitrogen and oxygen atoms in total. The average Bonchev–Trinajstić information content (AvgIpc) is 2.64. The molecular formula is C11H21N3O2S. The van der Waals surface area contributed by atoms with Gasteiger partial charge in [0, 0.05) is 18.2 Å². The third kappa shape index (κ3) is 3.07. The number of aromatic nitrogens is 2. The highest BCUT2D eigenvalue weighted by Crippen LogP contribution is 2.24. The van der Waals surface area contributed by atoms with Gasteiger partial charge in [0.1, 0.15) is 5.82 Å². The van der Waals surface area contributed by atoms with Crippen LogP contribution in [0.5, 0.6) is 0 Å². The SMILES string of the molecule is CCC(CC)n1cc(S(N)(=O)=O)nc1C(C)C. The van der Waals surface area contributed by atoms with Crippen molar-refractivity contribution in [1.29, 1.82) is 0 Å². The molecule has 0 atom stereocenters. The van der Waals surface area contributed by atoms with Crippen LogP contribution in [0.25, 0.3) is 0 Å². The molecule has 1 heterocycles. The van der Waals surface area contributed by atoms with Crippen molar-refractivity contribution in [2.75, 3.05) is 0 Å². The molecule has 0 aliphatic rings. The van der Waals surface area contributed by atoms with Gasteiger partial charge in [-0.3, -0.25) is 0 Å². The van der Waals surface area contributed by atoms with Crippen LogP contribution in [0.3, 0.4) is 0 Å². The topological polar surface area (TPSA) is 78.0 Å². The molecule has 0 saturated heterocycles. The summed E-state index contributed by atoms with van der Waals surface area (Å²) in [6.45, 7) is 8.14. The smallest absolute Gasteiger partial charge is 0.257 e. The predicted octanol–water partition coefficient (Wildman–Crippen LogP) is 2.02. The highest BCUT2D eigenvalue weighted by molar-refractivity contribution is 7.89. The Morgan fingerprint density at radius 1 is 1.35 bits per heavy atom. The summed E-state index contributed by atoms with van der Waals surface area (Å²) in [5, 5.41) is 5.08. The van der Waals surface area contributed by atoms with E-state index >= 15 is 0 Å². The van der Waals surface area contributed by atoms with E-state index in [1.54, 1.807) is 6.20 Å². The van der Waals surface area contributed by atoms with E-state index in [-0.39, 0.29) is 17.0 Å². The first-order valence-electron chi connectivity index (χ1n) is 5.92. The van der Waals surface area contributed by atoms with Crippen LogP contribution in [0.1, 0.15) is 58.3 Å². The van der Waals surface area contributed by atoms with Gasteiger partial charge in [-0.2, -0.15) is 0 Å². The molecule has 0 aliphatic heterocycles. The summed E-state index contributed by atoms with van der Waals surface area (Å²) in [6.07, 6.45) is 3.44. The Kier molecular flexibility index (Phi) is 4.32. The molecule has 0 saturated carbocycles. The second-order valence-corrected chi connectivity index (χ2v) is 6.02. The maximum atomic E-state index is 11.3. The predicted molar refractivity (Wildman–Crippen MR) is 67.3 cm³/mol. The number of nitrogens with zero attached hydrogens (tertiary/aromatic N) is 2. The molecule has 0 aliphatic carbocycles. The highest BCUT2D eigenvalue weighted by atomic mass is 32.2. The van der Waals surface area contributed by atoms with E-state index < -0.39 is 10.0 Å². The molecule has 0 spiro atoms. The van der Waals surface area contributed by atoms with E-state index in [0.717, 1.165) is 18.7 Å². The van der Waals surface area contributed by atoms with Crippen molar-refractivity contribution in [1.82, 2.24) is 9.55 Å². The van der Waals surface area contributed by atoms with Crippen LogP contribution in [0.15, 0.2) is 11.2 Å². The minimum atomic E-state index is -3.72. The van der Waals surface area contributed by atoms with E-state index in [2.05, 4.69) is 18.8 Å². The Labute approximate surface area is 103 Å². The maximum Gasteiger partial charge on any atom is 0.257 e. The molecular weight excluding hydrogens is 238 g/mol. The van der Waals surface area contributed by atoms with Crippen molar-refractivity contribution >= 4 is 10.0 Å². The third-order valence-corrected chi connectivity index (χ3v) is 3.66. The fraction of sp³-hybridized carbons (Fsp3) is 0.727. The molecule has 98 valence electrons. The Morgan fingerprint density at radius 3 is 2.24 bits per heavy atom. The van der Waals surface area contributed by atoms with Gasteiger partial charge in [-0.25, -0.2) is 18.5 Å². The molecule has 17 heavy (non-hydrogen) atoms. The van der Waals surface area contributed by atoms with Crippen molar-refractivity contribution in [3.8, 4) is 0 Å². The molecule has 6 heteroatoms. The van der Waals surface area contributed by atoms with E-state index in [1.807, 2.05) is 18.4 Å². The standard InChI is InChI=1S/C11H21N3O2S/c1-5-9(6-2)14-7-10(17(12,15)16)13-11(14)8(3)4/h7-9H,5-6H2,1-4H3,(H2,12,15,16). The zero-order valence-electron chi connectivity index (χ0n) is 10.8. The van der Waals surface area contributed by atoms with E-state index in [1.165, 1.54) is 0 Å². The molecule has 0 fully saturated rings. The number of hydrogen-bond acceptors (Lipinski definition) is 3. The summed E-state index contributed by atoms with van der Waals surface area (Å²) >= 11 is 0. The summed E-state index contributed by atoms with van der Waals surface area (Å²) in [4.78, 5) is 4.15. The monoisotopic (exact) mass is 259 g/mol. The summed E-state index contributed by atoms with van der Waals surface area (Å²) in [5.41, 5.74) is 0. The zero-order chi connectivity index (χ0) is 13.2. The number of primary sulfonamides is 1. The van der Waals surface area contributed by atoms with Crippen LogP contribution in [0, 0.1) is 0 Å². The quantitative estimate of drug-likeness (QED) is 0.878. The molecule has 2 N–H and O–H groups in total. The second kappa shape index (κ2) is 5.18. The molecule has 1 aromatic heterocycles. The molecule has 0 amide bonds. The first-order valence-corrected chi connectivity index (χ1v) is 7.47. The summed E-state index contributed by atoms with van der Waals surface area (Å²) < 4.78 is 24.6. The average molecular weight is 259 g/mol. The van der Waals surface area contributed by atoms with Gasteiger partial charge in [0.05, 0.1) is 0 Å². The van der Waals surface area contributed by atoms with Crippen molar-refractivity contribution in [3.05, 3.63) is 12.0 Å². The Morgan fingerprint density at radius 2 is 1.88 bits per heavy atom. The van der Waals surface area contributed by atoms with Crippen molar-refractivity contribution in [2.24, 2.45) is 5.14 Å². The van der Waals surface area contributed by atoms with Crippen molar-refractivity contribution in [3.63, 3.8) is 0 Å². The minimum Gasteiger partial charge on any atom is -0.330 e. The van der Waals surface area contributed by atoms with Gasteiger partial charge in [0.2, 0.25) is 0 Å². The second-order valence-electron chi connectivity index (χ2n) is 4.51. The van der Waals surface area contributed by atoms with Crippen LogP contribution in [0.2, 0.25) is 0 Å². The molecule has 0 unspecified atom stereocenters. The van der Waals surface area contributed by atoms with E-state index in [0.29, 0.717) is 0 Å². The van der Waals surface area contributed by atoms with Crippen molar-refractivity contribution in [2.45, 2.75) is 57.5 Å². The molecule has 0 radical (unpaired) electrons. The van der Waals surface area contributed by atoms with Gasteiger partial charge < -0.3 is 4.57 Å². The lowest BCUT2D eigenvalue weighted by molar-refractivity contribution is 0.447. The molecule has 1 aromatic rings. The largest absolute Gasteiger partial charge is 0.330 e. The number of sulfonamides is 1. The van der Waals surface area contributed by atoms with Crippen LogP contribution in [-0.2, 0) is 10.0 Å². The Bertz CT molecular complexity index is 473. The van der Waals surface area contributed by atoms with E-state index in [9.17, 15) is 8.42 Å². The van der Waals surface area contributed by atoms with Gasteiger partial charge in [-0.15, -0.1) is 0 Å². The minimum absolute atomic E-state index is 0.0342. The zero-order valence-corrected chi connectivity index (χ0v) is 11.7. The summed E-state index contributed by atoms with van der Waals surface area (Å²) in [7, 11) is -3.72. The Hall–Kier alpha value is -0.880. The molecule has 0 aromatic carbocycles. The lowest BCUT2D eigenvalue weighted by Gasteiger charge is -2.18. The van der Waals surface area contributed by atoms with E-state index in [4.69, 9.17) is 5.14 Å². The first kappa shape index (κ1) is 14.2. The van der Waals surface area contributed by atoms with Crippen LogP contribution >= 0.6 is 0 Å². The lowest BCUT2D eigenvalue weighted by Crippen LogP contribution is -2.12. The lowest BCUT2D eigenvalue weighted by atomic mass is 10.1. The van der Waals surface area contributed by atoms with Gasteiger partial charge in [-0.05, 0) is 12.8 Å². The van der Waals surface area contributed by atoms with Crippen LogP contribution < -0.4 is 5.14 Å². The normalized spacial score (nSPS) is 12.6. The summed E-state index contributed by atoms with van der Waals surface area (Å²) in [5.74, 6) is 0.953. The maximum absolute atomic E-state index is 11.3. The first-order chi connectivity index (χ1) is 7.81. The number of nitrogens with two attached hydrogens (primary N) is 1. The molecule has 0 bridgehead atoms. The number of hydrogen-bond donors (Lipinski definition) is 1. The van der Waals surface area contributed by atoms with Gasteiger partial charge >= 0.3 is 0 Å². The molecule has 1 rings (SSSR count). The van der Waals surface area contributed by atoms with Crippen LogP contribution in [0.4, 0.5) is 0 Å². The fourth-order valence-electron chi connectivity index (χ4n) is 1.92. The van der Waals surface area contributed by atoms with Gasteiger partial charge in [0.25, 0.3) is 10.0 Å². The van der Waals surface area contributed by atoms with Gasteiger partial charge in [0.15, 0.2) is 5.03 Å². The number of imidazole rings is 1. The number of rotatable bonds is 5. The van der Waals surface area contributed by atoms with Crippen molar-refractivity contribution < 1.29 is 8.42 Å². The Balaban J connectivity index is 3.33. The third-order valence-electron chi connectivity index (χ3n) is 2.88. The fourth-order valence-corrected chi connectivity index (χ4v) is 2.40. The highest BCUT2D eigenvalue weighted by Gasteiger charge is 2.21.